The maximum absolute atomic E-state index is 5.98. The molecular weight excluding hydrogens is 294 g/mol. The Morgan fingerprint density at radius 2 is 2.40 bits per heavy atom. The van der Waals surface area contributed by atoms with E-state index in [-0.39, 0.29) is 6.10 Å². The summed E-state index contributed by atoms with van der Waals surface area (Å²) in [6.07, 6.45) is 4.15. The van der Waals surface area contributed by atoms with Crippen LogP contribution in [0.2, 0.25) is 4.34 Å². The number of rotatable bonds is 4. The molecule has 0 unspecified atom stereocenters. The number of ether oxygens (including phenoxy) is 1. The van der Waals surface area contributed by atoms with Crippen molar-refractivity contribution in [1.29, 1.82) is 0 Å². The number of aryl methyl sites for hydroxylation is 1. The van der Waals surface area contributed by atoms with Gasteiger partial charge in [-0.15, -0.1) is 11.3 Å². The van der Waals surface area contributed by atoms with E-state index in [1.165, 1.54) is 10.4 Å². The van der Waals surface area contributed by atoms with Crippen LogP contribution in [0.15, 0.2) is 24.5 Å². The van der Waals surface area contributed by atoms with Crippen molar-refractivity contribution < 1.29 is 4.74 Å². The van der Waals surface area contributed by atoms with Crippen molar-refractivity contribution in [3.8, 4) is 0 Å². The van der Waals surface area contributed by atoms with Gasteiger partial charge in [0.2, 0.25) is 0 Å². The van der Waals surface area contributed by atoms with Gasteiger partial charge < -0.3 is 4.74 Å². The monoisotopic (exact) mass is 311 g/mol. The van der Waals surface area contributed by atoms with Crippen molar-refractivity contribution in [3.05, 3.63) is 39.3 Å². The molecule has 0 aromatic carbocycles. The number of thiophene rings is 1. The third-order valence-electron chi connectivity index (χ3n) is 3.38. The minimum atomic E-state index is 0.207. The molecule has 1 atom stereocenters. The Hall–Kier alpha value is -0.880. The van der Waals surface area contributed by atoms with Gasteiger partial charge in [0.05, 0.1) is 29.8 Å². The van der Waals surface area contributed by atoms with Crippen LogP contribution in [0.4, 0.5) is 0 Å². The van der Waals surface area contributed by atoms with Crippen LogP contribution in [0.5, 0.6) is 0 Å². The molecule has 1 aliphatic rings. The van der Waals surface area contributed by atoms with Crippen LogP contribution in [0.3, 0.4) is 0 Å². The van der Waals surface area contributed by atoms with Gasteiger partial charge in [0.1, 0.15) is 0 Å². The Morgan fingerprint density at radius 3 is 3.10 bits per heavy atom. The molecule has 0 aliphatic carbocycles. The molecule has 108 valence electrons. The summed E-state index contributed by atoms with van der Waals surface area (Å²) in [7, 11) is 0. The number of halogens is 1. The molecule has 0 N–H and O–H groups in total. The average molecular weight is 312 g/mol. The lowest BCUT2D eigenvalue weighted by Gasteiger charge is -2.32. The Morgan fingerprint density at radius 1 is 1.50 bits per heavy atom. The second-order valence-electron chi connectivity index (χ2n) is 5.17. The van der Waals surface area contributed by atoms with Crippen LogP contribution >= 0.6 is 22.9 Å². The summed E-state index contributed by atoms with van der Waals surface area (Å²) in [5.74, 6) is 0. The lowest BCUT2D eigenvalue weighted by atomic mass is 10.2. The molecule has 3 heterocycles. The van der Waals surface area contributed by atoms with E-state index in [2.05, 4.69) is 29.2 Å². The highest BCUT2D eigenvalue weighted by atomic mass is 35.5. The van der Waals surface area contributed by atoms with Crippen LogP contribution in [-0.4, -0.2) is 40.5 Å². The fourth-order valence-electron chi connectivity index (χ4n) is 2.47. The molecule has 3 rings (SSSR count). The van der Waals surface area contributed by atoms with E-state index in [0.717, 1.165) is 37.1 Å². The van der Waals surface area contributed by atoms with Crippen molar-refractivity contribution in [1.82, 2.24) is 14.7 Å². The lowest BCUT2D eigenvalue weighted by Crippen LogP contribution is -2.43. The van der Waals surface area contributed by atoms with Gasteiger partial charge >= 0.3 is 0 Å². The standard InChI is InChI=1S/C14H18ClN3OS/c1-11-6-16-18(7-11)9-12-8-17(4-5-19-12)10-13-2-3-14(15)20-13/h2-3,6-7,12H,4-5,8-10H2,1H3/t12-/m1/s1. The van der Waals surface area contributed by atoms with Gasteiger partial charge in [-0.2, -0.15) is 5.10 Å². The molecule has 1 saturated heterocycles. The molecule has 2 aromatic rings. The lowest BCUT2D eigenvalue weighted by molar-refractivity contribution is -0.0399. The molecule has 2 aromatic heterocycles. The van der Waals surface area contributed by atoms with E-state index in [4.69, 9.17) is 16.3 Å². The van der Waals surface area contributed by atoms with Crippen LogP contribution in [-0.2, 0) is 17.8 Å². The number of aromatic nitrogens is 2. The second-order valence-corrected chi connectivity index (χ2v) is 6.97. The van der Waals surface area contributed by atoms with E-state index in [1.54, 1.807) is 11.3 Å². The Kier molecular flexibility index (Phi) is 4.41. The normalized spacial score (nSPS) is 20.4. The third kappa shape index (κ3) is 3.61. The molecule has 0 bridgehead atoms. The number of nitrogens with zero attached hydrogens (tertiary/aromatic N) is 3. The Balaban J connectivity index is 1.56. The maximum atomic E-state index is 5.98. The minimum Gasteiger partial charge on any atom is -0.374 e. The first-order valence-electron chi connectivity index (χ1n) is 6.76. The van der Waals surface area contributed by atoms with Crippen molar-refractivity contribution in [2.24, 2.45) is 0 Å². The predicted octanol–water partition coefficient (Wildman–Crippen LogP) is 2.81. The zero-order valence-electron chi connectivity index (χ0n) is 11.5. The minimum absolute atomic E-state index is 0.207. The first kappa shape index (κ1) is 14.1. The van der Waals surface area contributed by atoms with Crippen molar-refractivity contribution >= 4 is 22.9 Å². The second kappa shape index (κ2) is 6.26. The van der Waals surface area contributed by atoms with Gasteiger partial charge in [-0.3, -0.25) is 9.58 Å². The Labute approximate surface area is 127 Å². The highest BCUT2D eigenvalue weighted by Gasteiger charge is 2.21. The summed E-state index contributed by atoms with van der Waals surface area (Å²) in [4.78, 5) is 3.73. The van der Waals surface area contributed by atoms with E-state index < -0.39 is 0 Å². The number of hydrogen-bond acceptors (Lipinski definition) is 4. The smallest absolute Gasteiger partial charge is 0.0931 e. The summed E-state index contributed by atoms with van der Waals surface area (Å²) < 4.78 is 8.66. The topological polar surface area (TPSA) is 30.3 Å². The average Bonchev–Trinajstić information content (AvgIpc) is 2.99. The zero-order valence-corrected chi connectivity index (χ0v) is 13.0. The SMILES string of the molecule is Cc1cnn(C[C@H]2CN(Cc3ccc(Cl)s3)CCO2)c1. The summed E-state index contributed by atoms with van der Waals surface area (Å²) in [5, 5.41) is 4.32. The first-order chi connectivity index (χ1) is 9.69. The highest BCUT2D eigenvalue weighted by molar-refractivity contribution is 7.16. The molecule has 0 amide bonds. The van der Waals surface area contributed by atoms with Gasteiger partial charge in [0.25, 0.3) is 0 Å². The molecule has 0 radical (unpaired) electrons. The van der Waals surface area contributed by atoms with E-state index in [9.17, 15) is 0 Å². The molecule has 1 fully saturated rings. The van der Waals surface area contributed by atoms with Gasteiger partial charge in [0.15, 0.2) is 0 Å². The molecule has 0 saturated carbocycles. The summed E-state index contributed by atoms with van der Waals surface area (Å²) in [5.41, 5.74) is 1.19. The van der Waals surface area contributed by atoms with Gasteiger partial charge in [0, 0.05) is 30.7 Å². The number of hydrogen-bond donors (Lipinski definition) is 0. The van der Waals surface area contributed by atoms with E-state index in [0.29, 0.717) is 0 Å². The van der Waals surface area contributed by atoms with Crippen LogP contribution < -0.4 is 0 Å². The van der Waals surface area contributed by atoms with E-state index >= 15 is 0 Å². The van der Waals surface area contributed by atoms with Gasteiger partial charge in [-0.05, 0) is 24.6 Å². The fraction of sp³-hybridized carbons (Fsp3) is 0.500. The zero-order chi connectivity index (χ0) is 13.9. The van der Waals surface area contributed by atoms with Crippen molar-refractivity contribution in [3.63, 3.8) is 0 Å². The largest absolute Gasteiger partial charge is 0.374 e. The molecule has 4 nitrogen and oxygen atoms in total. The van der Waals surface area contributed by atoms with Gasteiger partial charge in [-0.1, -0.05) is 11.6 Å². The maximum Gasteiger partial charge on any atom is 0.0931 e. The Bertz CT molecular complexity index is 520. The molecule has 6 heteroatoms. The van der Waals surface area contributed by atoms with Crippen LogP contribution in [0.25, 0.3) is 0 Å². The molecule has 0 spiro atoms. The highest BCUT2D eigenvalue weighted by Crippen LogP contribution is 2.23. The van der Waals surface area contributed by atoms with Gasteiger partial charge in [-0.25, -0.2) is 0 Å². The summed E-state index contributed by atoms with van der Waals surface area (Å²) in [6.45, 7) is 6.52. The molecule has 1 aliphatic heterocycles. The quantitative estimate of drug-likeness (QED) is 0.870. The van der Waals surface area contributed by atoms with Crippen molar-refractivity contribution in [2.45, 2.75) is 26.1 Å². The summed E-state index contributed by atoms with van der Waals surface area (Å²) >= 11 is 7.64. The number of morpholine rings is 1. The fourth-order valence-corrected chi connectivity index (χ4v) is 3.60. The molecule has 20 heavy (non-hydrogen) atoms. The van der Waals surface area contributed by atoms with Crippen LogP contribution in [0.1, 0.15) is 10.4 Å². The predicted molar refractivity (Wildman–Crippen MR) is 81.3 cm³/mol. The van der Waals surface area contributed by atoms with E-state index in [1.807, 2.05) is 16.9 Å². The first-order valence-corrected chi connectivity index (χ1v) is 7.96. The third-order valence-corrected chi connectivity index (χ3v) is 4.60. The summed E-state index contributed by atoms with van der Waals surface area (Å²) in [6, 6.07) is 4.07. The van der Waals surface area contributed by atoms with Crippen LogP contribution in [0, 0.1) is 6.92 Å². The van der Waals surface area contributed by atoms with Crippen molar-refractivity contribution in [2.75, 3.05) is 19.7 Å². The molecular formula is C14H18ClN3OS.